The molecule has 3 aromatic heterocycles. The second kappa shape index (κ2) is 10.1. The Morgan fingerprint density at radius 3 is 2.89 bits per heavy atom. The smallest absolute Gasteiger partial charge is 0.347 e. The van der Waals surface area contributed by atoms with Gasteiger partial charge in [0.2, 0.25) is 5.95 Å². The molecule has 10 nitrogen and oxygen atoms in total. The number of likely N-dealkylation sites (tertiary alicyclic amines) is 1. The molecule has 2 aliphatic heterocycles. The first-order valence-electron chi connectivity index (χ1n) is 11.9. The van der Waals surface area contributed by atoms with E-state index in [1.807, 2.05) is 12.3 Å². The largest absolute Gasteiger partial charge is 0.477 e. The lowest BCUT2D eigenvalue weighted by molar-refractivity contribution is 0.0701. The predicted octanol–water partition coefficient (Wildman–Crippen LogP) is 3.54. The fraction of sp³-hybridized carbons (Fsp3) is 0.458. The molecule has 0 spiro atoms. The van der Waals surface area contributed by atoms with Gasteiger partial charge in [0.1, 0.15) is 16.5 Å². The van der Waals surface area contributed by atoms with Crippen molar-refractivity contribution in [2.45, 2.75) is 45.2 Å². The summed E-state index contributed by atoms with van der Waals surface area (Å²) in [5.41, 5.74) is 2.71. The van der Waals surface area contributed by atoms with Crippen molar-refractivity contribution in [3.63, 3.8) is 0 Å². The van der Waals surface area contributed by atoms with Crippen molar-refractivity contribution in [2.24, 2.45) is 0 Å². The number of aryl methyl sites for hydroxylation is 1. The Hall–Kier alpha value is -3.31. The SMILES string of the molecule is Cc1nc(Nc2nc(NCCC3CCCN3C)c3c(n2)N(Cc2cccnc2)CC3)sc1C(=O)O. The number of fused-ring (bicyclic) bond motifs is 1. The van der Waals surface area contributed by atoms with Crippen LogP contribution < -0.4 is 15.5 Å². The highest BCUT2D eigenvalue weighted by Crippen LogP contribution is 2.34. The second-order valence-electron chi connectivity index (χ2n) is 9.09. The predicted molar refractivity (Wildman–Crippen MR) is 137 cm³/mol. The molecule has 0 radical (unpaired) electrons. The molecule has 0 saturated carbocycles. The lowest BCUT2D eigenvalue weighted by atomic mass is 10.1. The summed E-state index contributed by atoms with van der Waals surface area (Å²) in [7, 11) is 2.19. The number of carbonyl (C=O) groups is 1. The molecule has 184 valence electrons. The van der Waals surface area contributed by atoms with Crippen molar-refractivity contribution >= 4 is 40.0 Å². The van der Waals surface area contributed by atoms with Gasteiger partial charge in [-0.3, -0.25) is 10.3 Å². The Balaban J connectivity index is 1.40. The first-order chi connectivity index (χ1) is 17.0. The molecular weight excluding hydrogens is 464 g/mol. The summed E-state index contributed by atoms with van der Waals surface area (Å²) in [6.45, 7) is 5.25. The minimum absolute atomic E-state index is 0.214. The van der Waals surface area contributed by atoms with E-state index in [9.17, 15) is 9.90 Å². The third kappa shape index (κ3) is 5.20. The Morgan fingerprint density at radius 1 is 1.29 bits per heavy atom. The molecule has 0 bridgehead atoms. The molecule has 0 amide bonds. The van der Waals surface area contributed by atoms with Gasteiger partial charge in [-0.05, 0) is 57.8 Å². The van der Waals surface area contributed by atoms with Crippen molar-refractivity contribution < 1.29 is 9.90 Å². The number of thiazole rings is 1. The van der Waals surface area contributed by atoms with E-state index in [1.165, 1.54) is 12.8 Å². The second-order valence-corrected chi connectivity index (χ2v) is 10.1. The van der Waals surface area contributed by atoms with Crippen molar-refractivity contribution in [1.82, 2.24) is 24.8 Å². The van der Waals surface area contributed by atoms with Crippen molar-refractivity contribution in [1.29, 1.82) is 0 Å². The molecule has 5 heterocycles. The van der Waals surface area contributed by atoms with E-state index in [0.717, 1.165) is 66.6 Å². The van der Waals surface area contributed by atoms with Crippen LogP contribution in [0.25, 0.3) is 0 Å². The van der Waals surface area contributed by atoms with Gasteiger partial charge in [-0.2, -0.15) is 9.97 Å². The highest BCUT2D eigenvalue weighted by atomic mass is 32.1. The van der Waals surface area contributed by atoms with Gasteiger partial charge in [-0.15, -0.1) is 0 Å². The molecule has 1 unspecified atom stereocenters. The number of pyridine rings is 1. The monoisotopic (exact) mass is 494 g/mol. The quantitative estimate of drug-likeness (QED) is 0.407. The average Bonchev–Trinajstić information content (AvgIpc) is 3.54. The molecule has 3 N–H and O–H groups in total. The molecule has 35 heavy (non-hydrogen) atoms. The van der Waals surface area contributed by atoms with Crippen molar-refractivity contribution in [2.75, 3.05) is 42.2 Å². The number of hydrogen-bond donors (Lipinski definition) is 3. The van der Waals surface area contributed by atoms with E-state index in [1.54, 1.807) is 13.1 Å². The number of aromatic nitrogens is 4. The molecule has 1 saturated heterocycles. The highest BCUT2D eigenvalue weighted by molar-refractivity contribution is 7.17. The number of aromatic carboxylic acids is 1. The van der Waals surface area contributed by atoms with Crippen LogP contribution in [0.15, 0.2) is 24.5 Å². The van der Waals surface area contributed by atoms with Gasteiger partial charge in [0, 0.05) is 43.6 Å². The van der Waals surface area contributed by atoms with E-state index in [0.29, 0.717) is 29.4 Å². The van der Waals surface area contributed by atoms with Crippen LogP contribution in [0.1, 0.15) is 45.8 Å². The van der Waals surface area contributed by atoms with E-state index in [2.05, 4.69) is 43.5 Å². The summed E-state index contributed by atoms with van der Waals surface area (Å²) in [5.74, 6) is 1.15. The minimum atomic E-state index is -0.982. The van der Waals surface area contributed by atoms with E-state index in [-0.39, 0.29) is 4.88 Å². The molecule has 11 heteroatoms. The normalized spacial score (nSPS) is 17.5. The molecule has 1 atom stereocenters. The van der Waals surface area contributed by atoms with Crippen LogP contribution in [0.4, 0.5) is 22.7 Å². The summed E-state index contributed by atoms with van der Waals surface area (Å²) in [6, 6.07) is 4.61. The maximum Gasteiger partial charge on any atom is 0.347 e. The van der Waals surface area contributed by atoms with Crippen molar-refractivity contribution in [3.05, 3.63) is 46.2 Å². The molecule has 5 rings (SSSR count). The Bertz CT molecular complexity index is 1200. The van der Waals surface area contributed by atoms with Gasteiger partial charge in [-0.1, -0.05) is 17.4 Å². The summed E-state index contributed by atoms with van der Waals surface area (Å²) in [5, 5.41) is 16.6. The third-order valence-corrected chi connectivity index (χ3v) is 7.72. The molecule has 0 aromatic carbocycles. The number of anilines is 4. The van der Waals surface area contributed by atoms with Crippen LogP contribution in [0.5, 0.6) is 0 Å². The van der Waals surface area contributed by atoms with Gasteiger partial charge < -0.3 is 20.2 Å². The number of nitrogens with zero attached hydrogens (tertiary/aromatic N) is 6. The number of carboxylic acid groups (broad SMARTS) is 1. The molecule has 0 aliphatic carbocycles. The maximum atomic E-state index is 11.4. The minimum Gasteiger partial charge on any atom is -0.477 e. The summed E-state index contributed by atoms with van der Waals surface area (Å²) >= 11 is 1.09. The zero-order valence-electron chi connectivity index (χ0n) is 20.0. The highest BCUT2D eigenvalue weighted by Gasteiger charge is 2.27. The summed E-state index contributed by atoms with van der Waals surface area (Å²) in [6.07, 6.45) is 8.07. The molecule has 3 aromatic rings. The standard InChI is InChI=1S/C24H30N8O2S/c1-15-19(22(33)34)35-24(27-15)30-23-28-20(26-10-7-17-6-4-11-31(17)2)18-8-12-32(21(18)29-23)14-16-5-3-9-25-13-16/h3,5,9,13,17H,4,6-8,10-12,14H2,1-2H3,(H,33,34)(H2,26,27,28,29,30). The zero-order chi connectivity index (χ0) is 24.4. The lowest BCUT2D eigenvalue weighted by Gasteiger charge is -2.21. The zero-order valence-corrected chi connectivity index (χ0v) is 20.8. The topological polar surface area (TPSA) is 119 Å². The maximum absolute atomic E-state index is 11.4. The van der Waals surface area contributed by atoms with Crippen LogP contribution in [0, 0.1) is 6.92 Å². The summed E-state index contributed by atoms with van der Waals surface area (Å²) in [4.78, 5) is 34.5. The Morgan fingerprint density at radius 2 is 2.17 bits per heavy atom. The van der Waals surface area contributed by atoms with Crippen LogP contribution in [0.2, 0.25) is 0 Å². The van der Waals surface area contributed by atoms with Crippen molar-refractivity contribution in [3.8, 4) is 0 Å². The van der Waals surface area contributed by atoms with Gasteiger partial charge in [0.25, 0.3) is 0 Å². The van der Waals surface area contributed by atoms with Gasteiger partial charge >= 0.3 is 5.97 Å². The third-order valence-electron chi connectivity index (χ3n) is 6.66. The van der Waals surface area contributed by atoms with Crippen LogP contribution >= 0.6 is 11.3 Å². The molecular formula is C24H30N8O2S. The number of hydrogen-bond acceptors (Lipinski definition) is 10. The summed E-state index contributed by atoms with van der Waals surface area (Å²) < 4.78 is 0. The average molecular weight is 495 g/mol. The Kier molecular flexibility index (Phi) is 6.78. The van der Waals surface area contributed by atoms with Crippen LogP contribution in [-0.2, 0) is 13.0 Å². The van der Waals surface area contributed by atoms with Gasteiger partial charge in [-0.25, -0.2) is 9.78 Å². The van der Waals surface area contributed by atoms with Crippen LogP contribution in [-0.4, -0.2) is 68.6 Å². The number of nitrogens with one attached hydrogen (secondary N) is 2. The lowest BCUT2D eigenvalue weighted by Crippen LogP contribution is -2.27. The van der Waals surface area contributed by atoms with E-state index < -0.39 is 5.97 Å². The van der Waals surface area contributed by atoms with Gasteiger partial charge in [0.05, 0.1) is 5.69 Å². The first kappa shape index (κ1) is 23.4. The van der Waals surface area contributed by atoms with E-state index >= 15 is 0 Å². The fourth-order valence-electron chi connectivity index (χ4n) is 4.83. The number of carboxylic acids is 1. The first-order valence-corrected chi connectivity index (χ1v) is 12.8. The molecule has 1 fully saturated rings. The Labute approximate surface area is 208 Å². The fourth-order valence-corrected chi connectivity index (χ4v) is 5.63. The van der Waals surface area contributed by atoms with E-state index in [4.69, 9.17) is 9.97 Å². The molecule has 2 aliphatic rings. The number of rotatable bonds is 9. The van der Waals surface area contributed by atoms with Gasteiger partial charge in [0.15, 0.2) is 5.13 Å². The van der Waals surface area contributed by atoms with Crippen LogP contribution in [0.3, 0.4) is 0 Å².